The van der Waals surface area contributed by atoms with Gasteiger partial charge in [-0.05, 0) is 13.5 Å². The van der Waals surface area contributed by atoms with Crippen LogP contribution in [0.2, 0.25) is 5.02 Å². The maximum atomic E-state index is 11.0. The molecule has 0 saturated carbocycles. The van der Waals surface area contributed by atoms with Gasteiger partial charge in [0.15, 0.2) is 0 Å². The summed E-state index contributed by atoms with van der Waals surface area (Å²) in [4.78, 5) is 11.0. The Morgan fingerprint density at radius 3 is 2.87 bits per heavy atom. The maximum Gasteiger partial charge on any atom is 0.322 e. The molecular weight excluding hydrogens is 218 g/mol. The van der Waals surface area contributed by atoms with E-state index in [-0.39, 0.29) is 6.04 Å². The van der Waals surface area contributed by atoms with Crippen LogP contribution in [0, 0.1) is 0 Å². The van der Waals surface area contributed by atoms with Gasteiger partial charge in [-0.25, -0.2) is 0 Å². The highest BCUT2D eigenvalue weighted by molar-refractivity contribution is 6.30. The molecule has 1 aromatic rings. The van der Waals surface area contributed by atoms with Crippen molar-refractivity contribution in [1.29, 1.82) is 0 Å². The normalized spacial score (nSPS) is 14.9. The number of hydrogen-bond acceptors (Lipinski definition) is 3. The zero-order valence-corrected chi connectivity index (χ0v) is 9.40. The van der Waals surface area contributed by atoms with E-state index < -0.39 is 12.0 Å². The average molecular weight is 232 g/mol. The Labute approximate surface area is 93.0 Å². The van der Waals surface area contributed by atoms with Crippen LogP contribution in [0.5, 0.6) is 0 Å². The molecule has 0 aliphatic heterocycles. The summed E-state index contributed by atoms with van der Waals surface area (Å²) in [7, 11) is 0. The monoisotopic (exact) mass is 231 g/mol. The maximum absolute atomic E-state index is 11.0. The van der Waals surface area contributed by atoms with Crippen molar-refractivity contribution < 1.29 is 9.90 Å². The lowest BCUT2D eigenvalue weighted by molar-refractivity contribution is -0.140. The van der Waals surface area contributed by atoms with Gasteiger partial charge in [-0.15, -0.1) is 0 Å². The number of carboxylic acids is 1. The molecule has 0 bridgehead atoms. The third-order valence-electron chi connectivity index (χ3n) is 2.16. The number of hydrogen-bond donors (Lipinski definition) is 2. The Balaban J connectivity index is 2.80. The smallest absolute Gasteiger partial charge is 0.322 e. The van der Waals surface area contributed by atoms with Gasteiger partial charge in [-0.2, -0.15) is 5.10 Å². The predicted molar refractivity (Wildman–Crippen MR) is 57.0 cm³/mol. The summed E-state index contributed by atoms with van der Waals surface area (Å²) < 4.78 is 1.55. The van der Waals surface area contributed by atoms with E-state index >= 15 is 0 Å². The molecule has 0 aliphatic carbocycles. The molecule has 1 aromatic heterocycles. The summed E-state index contributed by atoms with van der Waals surface area (Å²) in [6.07, 6.45) is 3.10. The molecule has 15 heavy (non-hydrogen) atoms. The van der Waals surface area contributed by atoms with E-state index in [0.717, 1.165) is 0 Å². The molecule has 1 rings (SSSR count). The van der Waals surface area contributed by atoms with E-state index in [9.17, 15) is 4.79 Å². The van der Waals surface area contributed by atoms with Gasteiger partial charge in [0.05, 0.1) is 17.3 Å². The number of nitrogens with zero attached hydrogens (tertiary/aromatic N) is 2. The fourth-order valence-electron chi connectivity index (χ4n) is 1.37. The third-order valence-corrected chi connectivity index (χ3v) is 2.35. The van der Waals surface area contributed by atoms with E-state index in [1.165, 1.54) is 6.20 Å². The first-order valence-corrected chi connectivity index (χ1v) is 5.10. The summed E-state index contributed by atoms with van der Waals surface area (Å²) in [6.45, 7) is 4.24. The van der Waals surface area contributed by atoms with Crippen LogP contribution in [-0.4, -0.2) is 33.4 Å². The molecular formula is C9H14ClN3O2. The molecule has 0 amide bonds. The van der Waals surface area contributed by atoms with Crippen LogP contribution < -0.4 is 5.32 Å². The van der Waals surface area contributed by atoms with Gasteiger partial charge in [-0.1, -0.05) is 18.5 Å². The van der Waals surface area contributed by atoms with Crippen molar-refractivity contribution >= 4 is 17.6 Å². The lowest BCUT2D eigenvalue weighted by atomic mass is 10.1. The Hall–Kier alpha value is -1.07. The van der Waals surface area contributed by atoms with Crippen LogP contribution >= 0.6 is 11.6 Å². The minimum atomic E-state index is -0.893. The minimum absolute atomic E-state index is 0.282. The largest absolute Gasteiger partial charge is 0.480 e. The first kappa shape index (κ1) is 12.0. The van der Waals surface area contributed by atoms with Crippen LogP contribution in [0.4, 0.5) is 0 Å². The topological polar surface area (TPSA) is 67.2 Å². The SMILES string of the molecule is CCNC(C(=O)O)C(C)n1cc(Cl)cn1. The number of halogens is 1. The fourth-order valence-corrected chi connectivity index (χ4v) is 1.52. The van der Waals surface area contributed by atoms with Crippen molar-refractivity contribution in [1.82, 2.24) is 15.1 Å². The highest BCUT2D eigenvalue weighted by Gasteiger charge is 2.25. The van der Waals surface area contributed by atoms with Crippen LogP contribution in [-0.2, 0) is 4.79 Å². The Bertz CT molecular complexity index is 340. The molecule has 1 heterocycles. The lowest BCUT2D eigenvalue weighted by Crippen LogP contribution is -2.42. The molecule has 84 valence electrons. The number of nitrogens with one attached hydrogen (secondary N) is 1. The summed E-state index contributed by atoms with van der Waals surface area (Å²) in [5.41, 5.74) is 0. The number of aliphatic carboxylic acids is 1. The van der Waals surface area contributed by atoms with Gasteiger partial charge in [0.2, 0.25) is 0 Å². The zero-order valence-electron chi connectivity index (χ0n) is 8.64. The van der Waals surface area contributed by atoms with Crippen LogP contribution in [0.3, 0.4) is 0 Å². The first-order valence-electron chi connectivity index (χ1n) is 4.72. The lowest BCUT2D eigenvalue weighted by Gasteiger charge is -2.20. The average Bonchev–Trinajstić information content (AvgIpc) is 2.59. The van der Waals surface area contributed by atoms with Crippen molar-refractivity contribution in [2.45, 2.75) is 25.9 Å². The van der Waals surface area contributed by atoms with Gasteiger partial charge < -0.3 is 10.4 Å². The van der Waals surface area contributed by atoms with Crippen LogP contribution in [0.1, 0.15) is 19.9 Å². The van der Waals surface area contributed by atoms with Gasteiger partial charge in [0, 0.05) is 6.20 Å². The van der Waals surface area contributed by atoms with Gasteiger partial charge in [0.25, 0.3) is 0 Å². The van der Waals surface area contributed by atoms with Crippen molar-refractivity contribution in [3.63, 3.8) is 0 Å². The minimum Gasteiger partial charge on any atom is -0.480 e. The quantitative estimate of drug-likeness (QED) is 0.798. The van der Waals surface area contributed by atoms with E-state index in [1.54, 1.807) is 17.8 Å². The zero-order chi connectivity index (χ0) is 11.4. The molecule has 0 saturated heterocycles. The third kappa shape index (κ3) is 2.94. The van der Waals surface area contributed by atoms with Gasteiger partial charge in [0.1, 0.15) is 6.04 Å². The standard InChI is InChI=1S/C9H14ClN3O2/c1-3-11-8(9(14)15)6(2)13-5-7(10)4-12-13/h4-6,8,11H,3H2,1-2H3,(H,14,15). The second-order valence-corrected chi connectivity index (χ2v) is 3.69. The Morgan fingerprint density at radius 1 is 1.80 bits per heavy atom. The summed E-state index contributed by atoms with van der Waals surface area (Å²) in [5.74, 6) is -0.893. The summed E-state index contributed by atoms with van der Waals surface area (Å²) >= 11 is 5.71. The van der Waals surface area contributed by atoms with Crippen molar-refractivity contribution in [2.75, 3.05) is 6.54 Å². The van der Waals surface area contributed by atoms with E-state index in [0.29, 0.717) is 11.6 Å². The molecule has 2 N–H and O–H groups in total. The van der Waals surface area contributed by atoms with Gasteiger partial charge in [-0.3, -0.25) is 9.48 Å². The van der Waals surface area contributed by atoms with Gasteiger partial charge >= 0.3 is 5.97 Å². The number of carboxylic acid groups (broad SMARTS) is 1. The second-order valence-electron chi connectivity index (χ2n) is 3.25. The summed E-state index contributed by atoms with van der Waals surface area (Å²) in [6, 6.07) is -0.944. The molecule has 6 heteroatoms. The molecule has 0 spiro atoms. The molecule has 0 radical (unpaired) electrons. The predicted octanol–water partition coefficient (Wildman–Crippen LogP) is 1.16. The van der Waals surface area contributed by atoms with Crippen LogP contribution in [0.15, 0.2) is 12.4 Å². The van der Waals surface area contributed by atoms with Crippen molar-refractivity contribution in [3.05, 3.63) is 17.4 Å². The second kappa shape index (κ2) is 5.14. The van der Waals surface area contributed by atoms with Crippen molar-refractivity contribution in [3.8, 4) is 0 Å². The Morgan fingerprint density at radius 2 is 2.47 bits per heavy atom. The fraction of sp³-hybridized carbons (Fsp3) is 0.556. The number of likely N-dealkylation sites (N-methyl/N-ethyl adjacent to an activating group) is 1. The molecule has 2 unspecified atom stereocenters. The molecule has 0 aromatic carbocycles. The number of carbonyl (C=O) groups is 1. The van der Waals surface area contributed by atoms with E-state index in [4.69, 9.17) is 16.7 Å². The van der Waals surface area contributed by atoms with E-state index in [2.05, 4.69) is 10.4 Å². The summed E-state index contributed by atoms with van der Waals surface area (Å²) in [5, 5.41) is 16.4. The number of aromatic nitrogens is 2. The molecule has 2 atom stereocenters. The highest BCUT2D eigenvalue weighted by atomic mass is 35.5. The first-order chi connectivity index (χ1) is 7.06. The highest BCUT2D eigenvalue weighted by Crippen LogP contribution is 2.14. The van der Waals surface area contributed by atoms with Crippen LogP contribution in [0.25, 0.3) is 0 Å². The Kier molecular flexibility index (Phi) is 4.11. The van der Waals surface area contributed by atoms with Crippen molar-refractivity contribution in [2.24, 2.45) is 0 Å². The van der Waals surface area contributed by atoms with E-state index in [1.807, 2.05) is 6.92 Å². The molecule has 0 aliphatic rings. The number of rotatable bonds is 5. The molecule has 5 nitrogen and oxygen atoms in total. The molecule has 0 fully saturated rings.